The molecule has 3 fully saturated rings. The molecule has 3 aromatic carbocycles. The van der Waals surface area contributed by atoms with Gasteiger partial charge < -0.3 is 47.4 Å². The van der Waals surface area contributed by atoms with Crippen LogP contribution in [0.5, 0.6) is 5.75 Å². The second-order valence-corrected chi connectivity index (χ2v) is 16.5. The maximum atomic E-state index is 13.8. The molecule has 344 valence electrons. The van der Waals surface area contributed by atoms with Crippen molar-refractivity contribution in [1.82, 2.24) is 0 Å². The first-order valence-electron chi connectivity index (χ1n) is 21.5. The Morgan fingerprint density at radius 1 is 0.641 bits per heavy atom. The summed E-state index contributed by atoms with van der Waals surface area (Å²) in [5, 5.41) is 8.15. The fourth-order valence-corrected chi connectivity index (χ4v) is 8.55. The highest BCUT2D eigenvalue weighted by Gasteiger charge is 2.54. The van der Waals surface area contributed by atoms with Crippen molar-refractivity contribution < 1.29 is 57.0 Å². The Labute approximate surface area is 372 Å². The number of hydrogen-bond donors (Lipinski definition) is 0. The van der Waals surface area contributed by atoms with Gasteiger partial charge >= 0.3 is 11.9 Å². The van der Waals surface area contributed by atoms with E-state index in [2.05, 4.69) is 20.1 Å². The van der Waals surface area contributed by atoms with E-state index in [0.29, 0.717) is 5.56 Å². The van der Waals surface area contributed by atoms with Gasteiger partial charge in [-0.05, 0) is 71.1 Å². The number of nitrogens with zero attached hydrogens (tertiary/aromatic N) is 6. The van der Waals surface area contributed by atoms with Crippen LogP contribution in [0.25, 0.3) is 20.9 Å². The second kappa shape index (κ2) is 23.1. The molecule has 18 nitrogen and oxygen atoms in total. The van der Waals surface area contributed by atoms with Crippen LogP contribution >= 0.6 is 0 Å². The lowest BCUT2D eigenvalue weighted by atomic mass is 9.82. The topological polar surface area (TPSA) is 224 Å². The summed E-state index contributed by atoms with van der Waals surface area (Å²) >= 11 is 0. The predicted molar refractivity (Wildman–Crippen MR) is 230 cm³/mol. The van der Waals surface area contributed by atoms with Crippen LogP contribution in [0, 0.1) is 23.7 Å². The van der Waals surface area contributed by atoms with Gasteiger partial charge in [-0.15, -0.1) is 0 Å². The summed E-state index contributed by atoms with van der Waals surface area (Å²) in [6, 6.07) is 24.2. The highest BCUT2D eigenvalue weighted by atomic mass is 16.7. The first-order valence-corrected chi connectivity index (χ1v) is 21.5. The van der Waals surface area contributed by atoms with Crippen LogP contribution < -0.4 is 4.74 Å². The predicted octanol–water partition coefficient (Wildman–Crippen LogP) is 7.74. The monoisotopic (exact) mass is 886 g/mol. The molecular formula is C46H58N6O12. The van der Waals surface area contributed by atoms with Gasteiger partial charge in [0.15, 0.2) is 18.7 Å². The minimum absolute atomic E-state index is 0.108. The van der Waals surface area contributed by atoms with Gasteiger partial charge in [-0.25, -0.2) is 9.59 Å². The van der Waals surface area contributed by atoms with Gasteiger partial charge in [-0.1, -0.05) is 98.6 Å². The number of carbonyl (C=O) groups excluding carboxylic acids is 2. The van der Waals surface area contributed by atoms with E-state index >= 15 is 0 Å². The molecule has 18 heteroatoms. The van der Waals surface area contributed by atoms with Gasteiger partial charge in [-0.3, -0.25) is 0 Å². The van der Waals surface area contributed by atoms with Crippen LogP contribution in [0.1, 0.15) is 56.1 Å². The highest BCUT2D eigenvalue weighted by molar-refractivity contribution is 5.89. The SMILES string of the molecule is COC(=O)C1O[C@@H](O[C@@H]2C(COCc3ccc(OC)cc3)OC(C)C(N=[N+]=[N-])[C@H]2C)C(OCc2ccccc2)[C@@H](C)[C@@H]1O[C@@H]1OC(COC(=O)c2ccccc2)[C@@H](C)[C@H](C)C1N=[N+]=[N-]. The van der Waals surface area contributed by atoms with Gasteiger partial charge in [-0.2, -0.15) is 0 Å². The smallest absolute Gasteiger partial charge is 0.338 e. The summed E-state index contributed by atoms with van der Waals surface area (Å²) in [4.78, 5) is 32.9. The number of esters is 2. The van der Waals surface area contributed by atoms with Crippen molar-refractivity contribution in [2.75, 3.05) is 27.4 Å². The number of ether oxygens (including phenoxy) is 10. The van der Waals surface area contributed by atoms with Crippen LogP contribution in [-0.2, 0) is 60.6 Å². The molecule has 3 heterocycles. The summed E-state index contributed by atoms with van der Waals surface area (Å²) in [5.41, 5.74) is 21.4. The minimum Gasteiger partial charge on any atom is -0.497 e. The Kier molecular flexibility index (Phi) is 17.4. The first kappa shape index (κ1) is 48.2. The Hall–Kier alpha value is -5.26. The molecule has 3 aliphatic heterocycles. The van der Waals surface area contributed by atoms with Gasteiger partial charge in [0.05, 0.1) is 70.0 Å². The fraction of sp³-hybridized carbons (Fsp3) is 0.565. The third kappa shape index (κ3) is 11.7. The summed E-state index contributed by atoms with van der Waals surface area (Å²) in [6.07, 6.45) is -8.39. The zero-order valence-corrected chi connectivity index (χ0v) is 37.2. The van der Waals surface area contributed by atoms with Crippen molar-refractivity contribution in [3.8, 4) is 5.75 Å². The quantitative estimate of drug-likeness (QED) is 0.0518. The van der Waals surface area contributed by atoms with Crippen molar-refractivity contribution in [3.63, 3.8) is 0 Å². The lowest BCUT2D eigenvalue weighted by molar-refractivity contribution is -0.347. The van der Waals surface area contributed by atoms with E-state index in [1.165, 1.54) is 7.11 Å². The van der Waals surface area contributed by atoms with E-state index in [0.717, 1.165) is 16.9 Å². The summed E-state index contributed by atoms with van der Waals surface area (Å²) in [6.45, 7) is 9.81. The largest absolute Gasteiger partial charge is 0.497 e. The third-order valence-corrected chi connectivity index (χ3v) is 12.5. The van der Waals surface area contributed by atoms with Gasteiger partial charge in [0.2, 0.25) is 0 Å². The molecule has 6 rings (SSSR count). The van der Waals surface area contributed by atoms with E-state index in [1.54, 1.807) is 37.4 Å². The van der Waals surface area contributed by atoms with Gasteiger partial charge in [0.25, 0.3) is 0 Å². The molecule has 0 bridgehead atoms. The number of hydrogen-bond acceptors (Lipinski definition) is 14. The Balaban J connectivity index is 1.28. The average Bonchev–Trinajstić information content (AvgIpc) is 3.31. The number of benzene rings is 3. The first-order chi connectivity index (χ1) is 31.0. The van der Waals surface area contributed by atoms with Crippen molar-refractivity contribution in [1.29, 1.82) is 0 Å². The van der Waals surface area contributed by atoms with Crippen LogP contribution in [0.4, 0.5) is 0 Å². The number of azide groups is 2. The Bertz CT molecular complexity index is 2060. The fourth-order valence-electron chi connectivity index (χ4n) is 8.55. The Morgan fingerprint density at radius 2 is 1.28 bits per heavy atom. The maximum absolute atomic E-state index is 13.8. The van der Waals surface area contributed by atoms with Crippen LogP contribution in [0.3, 0.4) is 0 Å². The number of carbonyl (C=O) groups is 2. The molecule has 0 aromatic heterocycles. The molecule has 15 atom stereocenters. The van der Waals surface area contributed by atoms with Crippen molar-refractivity contribution >= 4 is 11.9 Å². The van der Waals surface area contributed by atoms with Crippen molar-refractivity contribution in [2.45, 2.75) is 115 Å². The lowest BCUT2D eigenvalue weighted by Crippen LogP contribution is -2.63. The molecule has 64 heavy (non-hydrogen) atoms. The normalized spacial score (nSPS) is 32.6. The summed E-state index contributed by atoms with van der Waals surface area (Å²) in [5.74, 6) is -2.18. The molecule has 0 radical (unpaired) electrons. The molecule has 3 aliphatic rings. The minimum atomic E-state index is -1.39. The van der Waals surface area contributed by atoms with Crippen LogP contribution in [0.15, 0.2) is 95.2 Å². The molecular weight excluding hydrogens is 829 g/mol. The van der Waals surface area contributed by atoms with E-state index in [-0.39, 0.29) is 38.3 Å². The molecule has 0 amide bonds. The standard InChI is InChI=1S/C46H58N6O12/c1-26-27(2)38(50-52-48)45(61-35(26)25-59-43(53)33-16-12-9-13-17-33)63-40-29(4)41(58-23-31-14-10-8-11-15-31)46(64-42(40)44(54)56-7)62-39-28(3)37(49-51-47)30(5)60-36(39)24-57-22-32-18-20-34(55-6)21-19-32/h8-21,26-30,35-42,45-46H,22-25H2,1-7H3/t26-,27-,28+,29-,30?,35?,36?,37?,38?,39-,40-,41?,42?,45-,46+/m0/s1. The zero-order chi connectivity index (χ0) is 45.8. The molecule has 0 saturated carbocycles. The van der Waals surface area contributed by atoms with Crippen molar-refractivity contribution in [2.24, 2.45) is 33.9 Å². The lowest BCUT2D eigenvalue weighted by Gasteiger charge is -2.50. The second-order valence-electron chi connectivity index (χ2n) is 16.5. The van der Waals surface area contributed by atoms with Crippen molar-refractivity contribution in [3.05, 3.63) is 123 Å². The van der Waals surface area contributed by atoms with E-state index in [4.69, 9.17) is 47.4 Å². The number of methoxy groups -OCH3 is 2. The molecule has 7 unspecified atom stereocenters. The molecule has 0 aliphatic carbocycles. The summed E-state index contributed by atoms with van der Waals surface area (Å²) in [7, 11) is 2.84. The van der Waals surface area contributed by atoms with Gasteiger partial charge in [0.1, 0.15) is 30.7 Å². The Morgan fingerprint density at radius 3 is 1.94 bits per heavy atom. The van der Waals surface area contributed by atoms with Gasteiger partial charge in [0, 0.05) is 15.7 Å². The highest BCUT2D eigenvalue weighted by Crippen LogP contribution is 2.40. The molecule has 3 saturated heterocycles. The maximum Gasteiger partial charge on any atom is 0.338 e. The zero-order valence-electron chi connectivity index (χ0n) is 37.2. The van der Waals surface area contributed by atoms with Crippen LogP contribution in [0.2, 0.25) is 0 Å². The molecule has 3 aromatic rings. The number of rotatable bonds is 18. The summed E-state index contributed by atoms with van der Waals surface area (Å²) < 4.78 is 62.2. The van der Waals surface area contributed by atoms with E-state index in [1.807, 2.05) is 89.2 Å². The van der Waals surface area contributed by atoms with E-state index in [9.17, 15) is 20.7 Å². The molecule has 0 spiro atoms. The third-order valence-electron chi connectivity index (χ3n) is 12.5. The van der Waals surface area contributed by atoms with E-state index < -0.39 is 91.2 Å². The molecule has 0 N–H and O–H groups in total. The average molecular weight is 887 g/mol. The van der Waals surface area contributed by atoms with Crippen LogP contribution in [-0.4, -0.2) is 107 Å².